The summed E-state index contributed by atoms with van der Waals surface area (Å²) in [5.41, 5.74) is 0.733. The van der Waals surface area contributed by atoms with E-state index in [2.05, 4.69) is 14.8 Å². The largest absolute Gasteiger partial charge is 0.327 e. The van der Waals surface area contributed by atoms with Crippen molar-refractivity contribution in [1.82, 2.24) is 9.78 Å². The molecular weight excluding hydrogens is 383 g/mol. The fraction of sp³-hybridized carbons (Fsp3) is 0.231. The molecule has 1 aromatic heterocycles. The standard InChI is InChI=1S/C13H11Cl3N4O2S/c1-3-10-12-13(17-6(2)19-23(12,21)22)20(18-10)11-8(15)4-7(14)5-9(11)16/h4-5H,3H2,1-2H3,(H,17,19). The van der Waals surface area contributed by atoms with Gasteiger partial charge in [-0.3, -0.25) is 0 Å². The Kier molecular flexibility index (Phi) is 4.08. The Bertz CT molecular complexity index is 927. The molecule has 23 heavy (non-hydrogen) atoms. The second kappa shape index (κ2) is 5.66. The smallest absolute Gasteiger partial charge is 0.289 e. The minimum Gasteiger partial charge on any atom is -0.327 e. The van der Waals surface area contributed by atoms with Gasteiger partial charge in [-0.25, -0.2) is 4.68 Å². The van der Waals surface area contributed by atoms with Crippen molar-refractivity contribution in [3.8, 4) is 5.69 Å². The number of halogens is 3. The maximum absolute atomic E-state index is 12.4. The van der Waals surface area contributed by atoms with Gasteiger partial charge in [0.15, 0.2) is 10.7 Å². The normalized spacial score (nSPS) is 15.8. The van der Waals surface area contributed by atoms with Crippen molar-refractivity contribution in [3.05, 3.63) is 32.9 Å². The number of anilines is 1. The average Bonchev–Trinajstić information content (AvgIpc) is 2.76. The van der Waals surface area contributed by atoms with Crippen LogP contribution in [0.4, 0.5) is 5.82 Å². The number of nitrogens with one attached hydrogen (secondary N) is 1. The van der Waals surface area contributed by atoms with Crippen molar-refractivity contribution in [2.75, 3.05) is 5.32 Å². The summed E-state index contributed by atoms with van der Waals surface area (Å²) < 4.78 is 29.8. The van der Waals surface area contributed by atoms with E-state index >= 15 is 0 Å². The van der Waals surface area contributed by atoms with Gasteiger partial charge in [0.25, 0.3) is 10.0 Å². The number of aromatic nitrogens is 2. The van der Waals surface area contributed by atoms with E-state index in [4.69, 9.17) is 34.8 Å². The first-order valence-electron chi connectivity index (χ1n) is 6.60. The Morgan fingerprint density at radius 1 is 1.22 bits per heavy atom. The second-order valence-corrected chi connectivity index (χ2v) is 7.68. The Labute approximate surface area is 148 Å². The molecule has 0 saturated heterocycles. The van der Waals surface area contributed by atoms with Crippen LogP contribution in [0.25, 0.3) is 5.69 Å². The third kappa shape index (κ3) is 2.71. The van der Waals surface area contributed by atoms with Gasteiger partial charge in [-0.15, -0.1) is 4.40 Å². The van der Waals surface area contributed by atoms with E-state index in [0.29, 0.717) is 22.8 Å². The maximum Gasteiger partial charge on any atom is 0.289 e. The molecule has 1 aliphatic heterocycles. The van der Waals surface area contributed by atoms with Gasteiger partial charge < -0.3 is 5.32 Å². The highest BCUT2D eigenvalue weighted by Gasteiger charge is 2.33. The molecule has 0 saturated carbocycles. The van der Waals surface area contributed by atoms with E-state index in [0.717, 1.165) is 0 Å². The van der Waals surface area contributed by atoms with Crippen LogP contribution >= 0.6 is 34.8 Å². The number of amidine groups is 1. The number of fused-ring (bicyclic) bond motifs is 1. The lowest BCUT2D eigenvalue weighted by molar-refractivity contribution is 0.596. The van der Waals surface area contributed by atoms with Crippen LogP contribution in [0, 0.1) is 0 Å². The fourth-order valence-electron chi connectivity index (χ4n) is 2.38. The molecule has 0 radical (unpaired) electrons. The summed E-state index contributed by atoms with van der Waals surface area (Å²) in [6, 6.07) is 3.03. The summed E-state index contributed by atoms with van der Waals surface area (Å²) in [5, 5.41) is 8.17. The van der Waals surface area contributed by atoms with Gasteiger partial charge in [-0.2, -0.15) is 13.5 Å². The highest BCUT2D eigenvalue weighted by atomic mass is 35.5. The first-order chi connectivity index (χ1) is 10.7. The van der Waals surface area contributed by atoms with Crippen molar-refractivity contribution in [2.24, 2.45) is 4.40 Å². The molecule has 1 aliphatic rings. The van der Waals surface area contributed by atoms with E-state index < -0.39 is 10.0 Å². The summed E-state index contributed by atoms with van der Waals surface area (Å²) in [6.07, 6.45) is 0.410. The lowest BCUT2D eigenvalue weighted by Crippen LogP contribution is -2.20. The molecule has 1 N–H and O–H groups in total. The number of benzene rings is 1. The monoisotopic (exact) mass is 392 g/mol. The minimum absolute atomic E-state index is 0.0349. The summed E-state index contributed by atoms with van der Waals surface area (Å²) in [7, 11) is -3.83. The summed E-state index contributed by atoms with van der Waals surface area (Å²) in [4.78, 5) is 0.0349. The average molecular weight is 394 g/mol. The van der Waals surface area contributed by atoms with Gasteiger partial charge in [-0.05, 0) is 25.5 Å². The maximum atomic E-state index is 12.4. The van der Waals surface area contributed by atoms with Gasteiger partial charge in [0.05, 0.1) is 15.7 Å². The molecule has 0 amide bonds. The molecule has 122 valence electrons. The van der Waals surface area contributed by atoms with Crippen LogP contribution in [0.1, 0.15) is 19.5 Å². The van der Waals surface area contributed by atoms with E-state index in [1.165, 1.54) is 16.8 Å². The zero-order valence-electron chi connectivity index (χ0n) is 12.1. The predicted octanol–water partition coefficient (Wildman–Crippen LogP) is 3.93. The topological polar surface area (TPSA) is 76.3 Å². The van der Waals surface area contributed by atoms with E-state index in [-0.39, 0.29) is 26.6 Å². The lowest BCUT2D eigenvalue weighted by atomic mass is 10.3. The number of sulfonamides is 1. The van der Waals surface area contributed by atoms with Gasteiger partial charge in [-0.1, -0.05) is 41.7 Å². The Hall–Kier alpha value is -1.28. The van der Waals surface area contributed by atoms with Crippen molar-refractivity contribution in [1.29, 1.82) is 0 Å². The van der Waals surface area contributed by atoms with Gasteiger partial charge in [0.2, 0.25) is 0 Å². The zero-order chi connectivity index (χ0) is 16.9. The summed E-state index contributed by atoms with van der Waals surface area (Å²) in [5.74, 6) is 0.503. The summed E-state index contributed by atoms with van der Waals surface area (Å²) >= 11 is 18.4. The molecule has 0 atom stereocenters. The first-order valence-corrected chi connectivity index (χ1v) is 9.17. The fourth-order valence-corrected chi connectivity index (χ4v) is 4.72. The molecule has 10 heteroatoms. The molecule has 6 nitrogen and oxygen atoms in total. The van der Waals surface area contributed by atoms with E-state index in [9.17, 15) is 8.42 Å². The van der Waals surface area contributed by atoms with Crippen molar-refractivity contribution in [2.45, 2.75) is 25.2 Å². The van der Waals surface area contributed by atoms with Crippen molar-refractivity contribution in [3.63, 3.8) is 0 Å². The Balaban J connectivity index is 2.36. The SMILES string of the molecule is CCc1nn(-c2c(Cl)cc(Cl)cc2Cl)c2c1S(=O)(=O)N=C(C)N2. The molecule has 0 bridgehead atoms. The van der Waals surface area contributed by atoms with Crippen molar-refractivity contribution >= 4 is 56.5 Å². The lowest BCUT2D eigenvalue weighted by Gasteiger charge is -2.16. The molecule has 0 fully saturated rings. The molecule has 2 aromatic rings. The second-order valence-electron chi connectivity index (χ2n) is 4.88. The van der Waals surface area contributed by atoms with Crippen LogP contribution in [-0.4, -0.2) is 24.0 Å². The van der Waals surface area contributed by atoms with Crippen LogP contribution in [0.2, 0.25) is 15.1 Å². The van der Waals surface area contributed by atoms with Gasteiger partial charge in [0.1, 0.15) is 11.5 Å². The highest BCUT2D eigenvalue weighted by molar-refractivity contribution is 7.90. The van der Waals surface area contributed by atoms with Gasteiger partial charge in [0, 0.05) is 5.02 Å². The first kappa shape index (κ1) is 16.6. The van der Waals surface area contributed by atoms with Crippen molar-refractivity contribution < 1.29 is 8.42 Å². The number of rotatable bonds is 2. The van der Waals surface area contributed by atoms with Crippen LogP contribution in [-0.2, 0) is 16.4 Å². The predicted molar refractivity (Wildman–Crippen MR) is 91.9 cm³/mol. The molecular formula is C13H11Cl3N4O2S. The van der Waals surface area contributed by atoms with Crippen LogP contribution < -0.4 is 5.32 Å². The molecule has 0 spiro atoms. The number of aryl methyl sites for hydroxylation is 1. The van der Waals surface area contributed by atoms with Crippen LogP contribution in [0.3, 0.4) is 0 Å². The number of hydrogen-bond acceptors (Lipinski definition) is 4. The third-order valence-electron chi connectivity index (χ3n) is 3.25. The minimum atomic E-state index is -3.83. The van der Waals surface area contributed by atoms with E-state index in [1.807, 2.05) is 0 Å². The molecule has 0 unspecified atom stereocenters. The Morgan fingerprint density at radius 2 is 1.83 bits per heavy atom. The summed E-state index contributed by atoms with van der Waals surface area (Å²) in [6.45, 7) is 3.35. The number of nitrogens with zero attached hydrogens (tertiary/aromatic N) is 3. The van der Waals surface area contributed by atoms with Crippen LogP contribution in [0.5, 0.6) is 0 Å². The molecule has 1 aromatic carbocycles. The Morgan fingerprint density at radius 3 is 2.39 bits per heavy atom. The molecule has 2 heterocycles. The zero-order valence-corrected chi connectivity index (χ0v) is 15.1. The van der Waals surface area contributed by atoms with Gasteiger partial charge >= 0.3 is 0 Å². The molecule has 0 aliphatic carbocycles. The highest BCUT2D eigenvalue weighted by Crippen LogP contribution is 2.38. The van der Waals surface area contributed by atoms with Crippen LogP contribution in [0.15, 0.2) is 21.4 Å². The molecule has 3 rings (SSSR count). The number of hydrogen-bond donors (Lipinski definition) is 1. The quantitative estimate of drug-likeness (QED) is 0.838. The third-order valence-corrected chi connectivity index (χ3v) is 5.51. The van der Waals surface area contributed by atoms with E-state index in [1.54, 1.807) is 13.8 Å².